The van der Waals surface area contributed by atoms with Gasteiger partial charge in [-0.25, -0.2) is 0 Å². The molecule has 1 aliphatic heterocycles. The maximum absolute atomic E-state index is 12.0. The maximum Gasteiger partial charge on any atom is 0.165 e. The summed E-state index contributed by atoms with van der Waals surface area (Å²) < 4.78 is 10.7. The summed E-state index contributed by atoms with van der Waals surface area (Å²) >= 11 is 0. The third-order valence-corrected chi connectivity index (χ3v) is 2.79. The topological polar surface area (TPSA) is 35.5 Å². The second-order valence-corrected chi connectivity index (χ2v) is 4.33. The first-order chi connectivity index (χ1) is 6.60. The summed E-state index contributed by atoms with van der Waals surface area (Å²) in [7, 11) is 1.63. The molecule has 1 heterocycles. The molecule has 0 atom stereocenters. The zero-order valence-electron chi connectivity index (χ0n) is 9.34. The maximum atomic E-state index is 12.0. The summed E-state index contributed by atoms with van der Waals surface area (Å²) in [6.45, 7) is 5.39. The molecule has 0 spiro atoms. The molecule has 0 bridgehead atoms. The smallest absolute Gasteiger partial charge is 0.165 e. The highest BCUT2D eigenvalue weighted by molar-refractivity contribution is 5.87. The molecule has 3 heteroatoms. The van der Waals surface area contributed by atoms with Gasteiger partial charge in [0.25, 0.3) is 0 Å². The fourth-order valence-electron chi connectivity index (χ4n) is 1.85. The van der Waals surface area contributed by atoms with E-state index < -0.39 is 5.60 Å². The van der Waals surface area contributed by atoms with Crippen molar-refractivity contribution in [3.63, 3.8) is 0 Å². The van der Waals surface area contributed by atoms with Gasteiger partial charge in [-0.05, 0) is 5.92 Å². The Kier molecular flexibility index (Phi) is 4.08. The molecule has 82 valence electrons. The first-order valence-corrected chi connectivity index (χ1v) is 5.27. The first kappa shape index (κ1) is 11.7. The second-order valence-electron chi connectivity index (χ2n) is 4.33. The third-order valence-electron chi connectivity index (χ3n) is 2.79. The van der Waals surface area contributed by atoms with Crippen LogP contribution in [0.1, 0.15) is 33.1 Å². The summed E-state index contributed by atoms with van der Waals surface area (Å²) in [6.07, 6.45) is 2.01. The molecule has 0 N–H and O–H groups in total. The monoisotopic (exact) mass is 200 g/mol. The van der Waals surface area contributed by atoms with Crippen molar-refractivity contribution in [2.45, 2.75) is 38.7 Å². The molecule has 0 radical (unpaired) electrons. The highest BCUT2D eigenvalue weighted by atomic mass is 16.5. The number of ketones is 1. The standard InChI is InChI=1S/C11H20O3/c1-9(2)8-10(12)11(13-3)4-6-14-7-5-11/h9H,4-8H2,1-3H3. The summed E-state index contributed by atoms with van der Waals surface area (Å²) in [5.41, 5.74) is -0.553. The lowest BCUT2D eigenvalue weighted by molar-refractivity contribution is -0.153. The van der Waals surface area contributed by atoms with E-state index in [-0.39, 0.29) is 5.78 Å². The molecule has 0 amide bonds. The Hall–Kier alpha value is -0.410. The van der Waals surface area contributed by atoms with Gasteiger partial charge in [-0.15, -0.1) is 0 Å². The van der Waals surface area contributed by atoms with Crippen molar-refractivity contribution in [1.82, 2.24) is 0 Å². The number of Topliss-reactive ketones (excluding diaryl/α,β-unsaturated/α-hetero) is 1. The van der Waals surface area contributed by atoms with E-state index in [4.69, 9.17) is 9.47 Å². The van der Waals surface area contributed by atoms with Crippen LogP contribution in [0.25, 0.3) is 0 Å². The SMILES string of the molecule is COC1(C(=O)CC(C)C)CCOCC1. The minimum atomic E-state index is -0.553. The molecule has 0 aromatic carbocycles. The predicted octanol–water partition coefficient (Wildman–Crippen LogP) is 1.80. The van der Waals surface area contributed by atoms with Crippen LogP contribution in [0, 0.1) is 5.92 Å². The van der Waals surface area contributed by atoms with Crippen molar-refractivity contribution in [1.29, 1.82) is 0 Å². The van der Waals surface area contributed by atoms with E-state index in [0.717, 1.165) is 0 Å². The van der Waals surface area contributed by atoms with Gasteiger partial charge in [-0.3, -0.25) is 4.79 Å². The van der Waals surface area contributed by atoms with Crippen LogP contribution in [0.4, 0.5) is 0 Å². The minimum Gasteiger partial charge on any atom is -0.381 e. The fraction of sp³-hybridized carbons (Fsp3) is 0.909. The van der Waals surface area contributed by atoms with E-state index in [1.54, 1.807) is 7.11 Å². The van der Waals surface area contributed by atoms with E-state index in [9.17, 15) is 4.79 Å². The molecule has 1 rings (SSSR count). The van der Waals surface area contributed by atoms with Gasteiger partial charge in [0.2, 0.25) is 0 Å². The van der Waals surface area contributed by atoms with Gasteiger partial charge in [0.05, 0.1) is 0 Å². The quantitative estimate of drug-likeness (QED) is 0.694. The van der Waals surface area contributed by atoms with Crippen molar-refractivity contribution in [3.05, 3.63) is 0 Å². The normalized spacial score (nSPS) is 21.1. The van der Waals surface area contributed by atoms with Gasteiger partial charge in [-0.1, -0.05) is 13.8 Å². The van der Waals surface area contributed by atoms with E-state index in [2.05, 4.69) is 13.8 Å². The van der Waals surface area contributed by atoms with E-state index in [0.29, 0.717) is 38.4 Å². The van der Waals surface area contributed by atoms with Crippen LogP contribution in [0.2, 0.25) is 0 Å². The zero-order valence-corrected chi connectivity index (χ0v) is 9.34. The lowest BCUT2D eigenvalue weighted by Crippen LogP contribution is -2.46. The Labute approximate surface area is 85.8 Å². The average Bonchev–Trinajstić information content (AvgIpc) is 2.18. The van der Waals surface area contributed by atoms with Crippen LogP contribution in [-0.4, -0.2) is 31.7 Å². The van der Waals surface area contributed by atoms with Crippen LogP contribution in [0.15, 0.2) is 0 Å². The van der Waals surface area contributed by atoms with Crippen molar-refractivity contribution in [2.24, 2.45) is 5.92 Å². The lowest BCUT2D eigenvalue weighted by Gasteiger charge is -2.34. The fourth-order valence-corrected chi connectivity index (χ4v) is 1.85. The largest absolute Gasteiger partial charge is 0.381 e. The summed E-state index contributed by atoms with van der Waals surface area (Å²) in [5, 5.41) is 0. The number of carbonyl (C=O) groups excluding carboxylic acids is 1. The molecule has 1 saturated heterocycles. The molecule has 14 heavy (non-hydrogen) atoms. The third kappa shape index (κ3) is 2.55. The number of carbonyl (C=O) groups is 1. The molecule has 1 aliphatic rings. The van der Waals surface area contributed by atoms with Gasteiger partial charge in [0, 0.05) is 39.6 Å². The molecule has 0 aromatic heterocycles. The lowest BCUT2D eigenvalue weighted by atomic mass is 9.85. The molecular weight excluding hydrogens is 180 g/mol. The number of ether oxygens (including phenoxy) is 2. The highest BCUT2D eigenvalue weighted by Gasteiger charge is 2.39. The van der Waals surface area contributed by atoms with Crippen LogP contribution in [0.3, 0.4) is 0 Å². The predicted molar refractivity (Wildman–Crippen MR) is 54.3 cm³/mol. The van der Waals surface area contributed by atoms with E-state index in [1.165, 1.54) is 0 Å². The Morgan fingerprint density at radius 1 is 1.43 bits per heavy atom. The van der Waals surface area contributed by atoms with Gasteiger partial charge in [0.1, 0.15) is 5.60 Å². The molecular formula is C11H20O3. The molecule has 0 aliphatic carbocycles. The number of rotatable bonds is 4. The van der Waals surface area contributed by atoms with Crippen LogP contribution in [0.5, 0.6) is 0 Å². The average molecular weight is 200 g/mol. The molecule has 0 saturated carbocycles. The number of methoxy groups -OCH3 is 1. The van der Waals surface area contributed by atoms with Gasteiger partial charge >= 0.3 is 0 Å². The minimum absolute atomic E-state index is 0.235. The number of hydrogen-bond acceptors (Lipinski definition) is 3. The van der Waals surface area contributed by atoms with Gasteiger partial charge < -0.3 is 9.47 Å². The zero-order chi connectivity index (χ0) is 10.6. The Morgan fingerprint density at radius 2 is 2.00 bits per heavy atom. The van der Waals surface area contributed by atoms with Gasteiger partial charge in [0.15, 0.2) is 5.78 Å². The van der Waals surface area contributed by atoms with Crippen molar-refractivity contribution in [2.75, 3.05) is 20.3 Å². The summed E-state index contributed by atoms with van der Waals surface area (Å²) in [5.74, 6) is 0.635. The van der Waals surface area contributed by atoms with E-state index >= 15 is 0 Å². The summed E-state index contributed by atoms with van der Waals surface area (Å²) in [6, 6.07) is 0. The summed E-state index contributed by atoms with van der Waals surface area (Å²) in [4.78, 5) is 12.0. The Bertz CT molecular complexity index is 193. The van der Waals surface area contributed by atoms with Crippen molar-refractivity contribution < 1.29 is 14.3 Å². The van der Waals surface area contributed by atoms with Crippen LogP contribution < -0.4 is 0 Å². The van der Waals surface area contributed by atoms with Crippen molar-refractivity contribution in [3.8, 4) is 0 Å². The van der Waals surface area contributed by atoms with Gasteiger partial charge in [-0.2, -0.15) is 0 Å². The van der Waals surface area contributed by atoms with Crippen LogP contribution >= 0.6 is 0 Å². The van der Waals surface area contributed by atoms with Crippen LogP contribution in [-0.2, 0) is 14.3 Å². The van der Waals surface area contributed by atoms with Crippen molar-refractivity contribution >= 4 is 5.78 Å². The Balaban J connectivity index is 2.62. The molecule has 0 aromatic rings. The molecule has 3 nitrogen and oxygen atoms in total. The number of hydrogen-bond donors (Lipinski definition) is 0. The highest BCUT2D eigenvalue weighted by Crippen LogP contribution is 2.27. The molecule has 1 fully saturated rings. The molecule has 0 unspecified atom stereocenters. The van der Waals surface area contributed by atoms with E-state index in [1.807, 2.05) is 0 Å². The Morgan fingerprint density at radius 3 is 2.43 bits per heavy atom. The second kappa shape index (κ2) is 4.89. The first-order valence-electron chi connectivity index (χ1n) is 5.27.